The van der Waals surface area contributed by atoms with Crippen LogP contribution >= 0.6 is 0 Å². The van der Waals surface area contributed by atoms with Crippen LogP contribution in [-0.2, 0) is 7.05 Å². The molecule has 1 aliphatic heterocycles. The van der Waals surface area contributed by atoms with Gasteiger partial charge >= 0.3 is 0 Å². The molecule has 0 aromatic carbocycles. The van der Waals surface area contributed by atoms with Gasteiger partial charge in [0.15, 0.2) is 0 Å². The fraction of sp³-hybridized carbons (Fsp3) is 0.615. The summed E-state index contributed by atoms with van der Waals surface area (Å²) in [5, 5.41) is 0. The van der Waals surface area contributed by atoms with Crippen molar-refractivity contribution in [1.82, 2.24) is 9.47 Å². The minimum atomic E-state index is -2.56. The summed E-state index contributed by atoms with van der Waals surface area (Å²) in [5.41, 5.74) is 6.58. The van der Waals surface area contributed by atoms with E-state index >= 15 is 0 Å². The molecule has 0 aliphatic carbocycles. The third-order valence-electron chi connectivity index (χ3n) is 3.69. The number of rotatable bonds is 3. The zero-order valence-corrected chi connectivity index (χ0v) is 11.0. The van der Waals surface area contributed by atoms with Gasteiger partial charge in [0, 0.05) is 57.8 Å². The molecule has 0 radical (unpaired) electrons. The Morgan fingerprint density at radius 3 is 2.53 bits per heavy atom. The maximum Gasteiger partial charge on any atom is 0.250 e. The fourth-order valence-corrected chi connectivity index (χ4v) is 2.47. The van der Waals surface area contributed by atoms with Gasteiger partial charge in [0.25, 0.3) is 5.92 Å². The highest BCUT2D eigenvalue weighted by Gasteiger charge is 2.36. The zero-order valence-electron chi connectivity index (χ0n) is 11.0. The number of piperidine rings is 1. The third kappa shape index (κ3) is 3.19. The van der Waals surface area contributed by atoms with E-state index in [1.807, 2.05) is 4.90 Å². The molecule has 2 rings (SSSR count). The van der Waals surface area contributed by atoms with Crippen LogP contribution in [0.2, 0.25) is 0 Å². The topological polar surface area (TPSA) is 51.3 Å². The number of aromatic nitrogens is 1. The lowest BCUT2D eigenvalue weighted by Gasteiger charge is -2.37. The molecule has 1 aromatic heterocycles. The SMILES string of the molecule is Cn1cc(C(CN)N2CCC(F)(F)CC2)ccc1=O. The standard InChI is InChI=1S/C13H19F2N3O/c1-17-9-10(2-3-12(17)19)11(8-16)18-6-4-13(14,15)5-7-18/h2-3,9,11H,4-8,16H2,1H3. The summed E-state index contributed by atoms with van der Waals surface area (Å²) >= 11 is 0. The van der Waals surface area contributed by atoms with Gasteiger partial charge in [-0.25, -0.2) is 8.78 Å². The van der Waals surface area contributed by atoms with Gasteiger partial charge in [0.1, 0.15) is 0 Å². The van der Waals surface area contributed by atoms with E-state index in [1.165, 1.54) is 10.6 Å². The predicted octanol–water partition coefficient (Wildman–Crippen LogP) is 1.12. The monoisotopic (exact) mass is 271 g/mol. The lowest BCUT2D eigenvalue weighted by atomic mass is 10.0. The van der Waals surface area contributed by atoms with E-state index in [1.54, 1.807) is 19.3 Å². The molecule has 1 unspecified atom stereocenters. The summed E-state index contributed by atoms with van der Waals surface area (Å²) in [6, 6.07) is 3.10. The first-order chi connectivity index (χ1) is 8.93. The zero-order chi connectivity index (χ0) is 14.0. The summed E-state index contributed by atoms with van der Waals surface area (Å²) in [5.74, 6) is -2.56. The molecule has 2 heterocycles. The van der Waals surface area contributed by atoms with Crippen molar-refractivity contribution in [3.05, 3.63) is 34.2 Å². The summed E-state index contributed by atoms with van der Waals surface area (Å²) in [6.45, 7) is 1.01. The van der Waals surface area contributed by atoms with Gasteiger partial charge in [0.2, 0.25) is 5.56 Å². The molecule has 0 bridgehead atoms. The second-order valence-electron chi connectivity index (χ2n) is 5.05. The first-order valence-corrected chi connectivity index (χ1v) is 6.41. The smallest absolute Gasteiger partial charge is 0.250 e. The Labute approximate surface area is 110 Å². The van der Waals surface area contributed by atoms with Gasteiger partial charge in [0.05, 0.1) is 0 Å². The molecule has 6 heteroatoms. The summed E-state index contributed by atoms with van der Waals surface area (Å²) in [4.78, 5) is 13.3. The van der Waals surface area contributed by atoms with Crippen LogP contribution in [0.1, 0.15) is 24.4 Å². The van der Waals surface area contributed by atoms with Gasteiger partial charge < -0.3 is 10.3 Å². The number of hydrogen-bond acceptors (Lipinski definition) is 3. The lowest BCUT2D eigenvalue weighted by Crippen LogP contribution is -2.43. The van der Waals surface area contributed by atoms with Crippen LogP contribution in [0.5, 0.6) is 0 Å². The highest BCUT2D eigenvalue weighted by Crippen LogP contribution is 2.31. The minimum absolute atomic E-state index is 0.0929. The Bertz CT molecular complexity index is 491. The van der Waals surface area contributed by atoms with Crippen LogP contribution in [0, 0.1) is 0 Å². The maximum absolute atomic E-state index is 13.2. The molecule has 0 amide bonds. The van der Waals surface area contributed by atoms with Gasteiger partial charge in [-0.05, 0) is 5.56 Å². The number of pyridine rings is 1. The number of hydrogen-bond donors (Lipinski definition) is 1. The van der Waals surface area contributed by atoms with Crippen LogP contribution in [0.3, 0.4) is 0 Å². The van der Waals surface area contributed by atoms with Crippen molar-refractivity contribution >= 4 is 0 Å². The van der Waals surface area contributed by atoms with Crippen LogP contribution in [-0.4, -0.2) is 35.0 Å². The summed E-state index contributed by atoms with van der Waals surface area (Å²) in [7, 11) is 1.67. The lowest BCUT2D eigenvalue weighted by molar-refractivity contribution is -0.0627. The molecule has 106 valence electrons. The van der Waals surface area contributed by atoms with Crippen molar-refractivity contribution in [3.63, 3.8) is 0 Å². The molecule has 19 heavy (non-hydrogen) atoms. The average Bonchev–Trinajstić information content (AvgIpc) is 2.36. The molecule has 0 saturated carbocycles. The predicted molar refractivity (Wildman–Crippen MR) is 69.2 cm³/mol. The van der Waals surface area contributed by atoms with Crippen molar-refractivity contribution in [2.45, 2.75) is 24.8 Å². The van der Waals surface area contributed by atoms with Crippen molar-refractivity contribution in [3.8, 4) is 0 Å². The Hall–Kier alpha value is -1.27. The number of alkyl halides is 2. The normalized spacial score (nSPS) is 21.3. The van der Waals surface area contributed by atoms with Crippen molar-refractivity contribution in [2.24, 2.45) is 12.8 Å². The van der Waals surface area contributed by atoms with E-state index in [0.29, 0.717) is 19.6 Å². The van der Waals surface area contributed by atoms with E-state index in [-0.39, 0.29) is 24.4 Å². The fourth-order valence-electron chi connectivity index (χ4n) is 2.47. The molecule has 1 aliphatic rings. The van der Waals surface area contributed by atoms with E-state index in [9.17, 15) is 13.6 Å². The number of aryl methyl sites for hydroxylation is 1. The minimum Gasteiger partial charge on any atom is -0.329 e. The van der Waals surface area contributed by atoms with Gasteiger partial charge in [-0.15, -0.1) is 0 Å². The van der Waals surface area contributed by atoms with E-state index in [0.717, 1.165) is 5.56 Å². The highest BCUT2D eigenvalue weighted by molar-refractivity contribution is 5.16. The maximum atomic E-state index is 13.2. The Morgan fingerprint density at radius 2 is 2.00 bits per heavy atom. The molecule has 1 aromatic rings. The van der Waals surface area contributed by atoms with Gasteiger partial charge in [-0.1, -0.05) is 6.07 Å². The van der Waals surface area contributed by atoms with E-state index in [2.05, 4.69) is 0 Å². The highest BCUT2D eigenvalue weighted by atomic mass is 19.3. The largest absolute Gasteiger partial charge is 0.329 e. The number of halogens is 2. The number of likely N-dealkylation sites (tertiary alicyclic amines) is 1. The Kier molecular flexibility index (Phi) is 4.01. The molecule has 1 fully saturated rings. The molecule has 0 spiro atoms. The van der Waals surface area contributed by atoms with Gasteiger partial charge in [-0.2, -0.15) is 0 Å². The summed E-state index contributed by atoms with van der Waals surface area (Å²) < 4.78 is 27.8. The number of nitrogens with two attached hydrogens (primary N) is 1. The second kappa shape index (κ2) is 5.38. The quantitative estimate of drug-likeness (QED) is 0.896. The van der Waals surface area contributed by atoms with Crippen LogP contribution < -0.4 is 11.3 Å². The average molecular weight is 271 g/mol. The summed E-state index contributed by atoms with van der Waals surface area (Å²) in [6.07, 6.45) is 1.47. The van der Waals surface area contributed by atoms with Crippen LogP contribution in [0.4, 0.5) is 8.78 Å². The van der Waals surface area contributed by atoms with Crippen molar-refractivity contribution < 1.29 is 8.78 Å². The molecule has 1 atom stereocenters. The van der Waals surface area contributed by atoms with Crippen LogP contribution in [0.25, 0.3) is 0 Å². The Balaban J connectivity index is 2.16. The van der Waals surface area contributed by atoms with Crippen molar-refractivity contribution in [1.29, 1.82) is 0 Å². The third-order valence-corrected chi connectivity index (χ3v) is 3.69. The number of nitrogens with zero attached hydrogens (tertiary/aromatic N) is 2. The van der Waals surface area contributed by atoms with Gasteiger partial charge in [-0.3, -0.25) is 9.69 Å². The molecule has 4 nitrogen and oxygen atoms in total. The second-order valence-corrected chi connectivity index (χ2v) is 5.05. The Morgan fingerprint density at radius 1 is 1.37 bits per heavy atom. The van der Waals surface area contributed by atoms with E-state index in [4.69, 9.17) is 5.73 Å². The molecule has 2 N–H and O–H groups in total. The first-order valence-electron chi connectivity index (χ1n) is 6.41. The molecule has 1 saturated heterocycles. The molecular formula is C13H19F2N3O. The van der Waals surface area contributed by atoms with Crippen LogP contribution in [0.15, 0.2) is 23.1 Å². The van der Waals surface area contributed by atoms with Crippen molar-refractivity contribution in [2.75, 3.05) is 19.6 Å². The first kappa shape index (κ1) is 14.1. The van der Waals surface area contributed by atoms with E-state index < -0.39 is 5.92 Å². The molecular weight excluding hydrogens is 252 g/mol.